The van der Waals surface area contributed by atoms with Crippen molar-refractivity contribution < 1.29 is 19.1 Å². The first kappa shape index (κ1) is 29.5. The molecule has 2 heterocycles. The molecule has 0 saturated carbocycles. The third kappa shape index (κ3) is 6.78. The average Bonchev–Trinajstić information content (AvgIpc) is 3.38. The molecular weight excluding hydrogens is 550 g/mol. The maximum Gasteiger partial charge on any atom is 0.252 e. The van der Waals surface area contributed by atoms with Gasteiger partial charge < -0.3 is 14.8 Å². The van der Waals surface area contributed by atoms with E-state index in [1.54, 1.807) is 42.8 Å². The van der Waals surface area contributed by atoms with Crippen molar-refractivity contribution in [3.8, 4) is 16.9 Å². The monoisotopic (exact) mass is 581 g/mol. The minimum absolute atomic E-state index is 0.0911. The molecule has 210 valence electrons. The second-order valence-corrected chi connectivity index (χ2v) is 11.6. The Morgan fingerprint density at radius 2 is 1.90 bits per heavy atom. The summed E-state index contributed by atoms with van der Waals surface area (Å²) < 4.78 is 13.9. The van der Waals surface area contributed by atoms with E-state index in [1.165, 1.54) is 35.3 Å². The number of aromatic nitrogens is 2. The number of rotatable bonds is 10. The van der Waals surface area contributed by atoms with E-state index in [1.807, 2.05) is 26.8 Å². The molecule has 0 aliphatic heterocycles. The first-order chi connectivity index (χ1) is 19.0. The van der Waals surface area contributed by atoms with Crippen LogP contribution in [-0.4, -0.2) is 40.6 Å². The second-order valence-electron chi connectivity index (χ2n) is 10.3. The Kier molecular flexibility index (Phi) is 9.08. The molecule has 0 spiro atoms. The Morgan fingerprint density at radius 3 is 2.60 bits per heavy atom. The number of amides is 1. The van der Waals surface area contributed by atoms with Crippen LogP contribution in [0.4, 0.5) is 5.69 Å². The Morgan fingerprint density at radius 1 is 1.12 bits per heavy atom. The number of hydrogen-bond donors (Lipinski definition) is 1. The highest BCUT2D eigenvalue weighted by atomic mass is 35.5. The van der Waals surface area contributed by atoms with E-state index in [-0.39, 0.29) is 31.1 Å². The minimum Gasteiger partial charge on any atom is -0.495 e. The van der Waals surface area contributed by atoms with Gasteiger partial charge in [0.1, 0.15) is 11.8 Å². The van der Waals surface area contributed by atoms with Crippen molar-refractivity contribution in [1.82, 2.24) is 9.55 Å². The second kappa shape index (κ2) is 12.3. The molecule has 0 aliphatic carbocycles. The van der Waals surface area contributed by atoms with Crippen LogP contribution in [0, 0.1) is 0 Å². The fourth-order valence-corrected chi connectivity index (χ4v) is 5.18. The summed E-state index contributed by atoms with van der Waals surface area (Å²) in [7, 11) is 1.47. The molecule has 8 nitrogen and oxygen atoms in total. The molecule has 4 rings (SSSR count). The summed E-state index contributed by atoms with van der Waals surface area (Å²) in [6, 6.07) is 10.9. The lowest BCUT2D eigenvalue weighted by Crippen LogP contribution is -2.34. The highest BCUT2D eigenvalue weighted by molar-refractivity contribution is 7.16. The van der Waals surface area contributed by atoms with Crippen molar-refractivity contribution in [1.29, 1.82) is 0 Å². The minimum atomic E-state index is -0.903. The van der Waals surface area contributed by atoms with Crippen molar-refractivity contribution in [2.45, 2.75) is 52.2 Å². The molecule has 10 heteroatoms. The summed E-state index contributed by atoms with van der Waals surface area (Å²) >= 11 is 7.78. The zero-order valence-corrected chi connectivity index (χ0v) is 24.7. The smallest absolute Gasteiger partial charge is 0.252 e. The molecule has 0 radical (unpaired) electrons. The van der Waals surface area contributed by atoms with Gasteiger partial charge in [0.2, 0.25) is 5.91 Å². The van der Waals surface area contributed by atoms with Gasteiger partial charge in [-0.15, -0.1) is 11.3 Å². The highest BCUT2D eigenvalue weighted by Gasteiger charge is 2.26. The van der Waals surface area contributed by atoms with E-state index in [0.717, 1.165) is 10.2 Å². The van der Waals surface area contributed by atoms with Crippen molar-refractivity contribution in [2.75, 3.05) is 19.0 Å². The number of hydrogen-bond acceptors (Lipinski definition) is 7. The number of carbonyl (C=O) groups is 2. The quantitative estimate of drug-likeness (QED) is 0.208. The SMILES string of the molecule is CCC(=O)c1ccc(Cl)cc1-c1cc(=O)n(C(CCOC(C)(C)C)C(=O)Nc2ccc3scnc3c2)cc1OC. The van der Waals surface area contributed by atoms with Crippen LogP contribution in [-0.2, 0) is 9.53 Å². The fraction of sp³-hybridized carbons (Fsp3) is 0.333. The summed E-state index contributed by atoms with van der Waals surface area (Å²) in [4.78, 5) is 44.2. The molecule has 1 N–H and O–H groups in total. The number of halogens is 1. The molecule has 2 aromatic heterocycles. The third-order valence-electron chi connectivity index (χ3n) is 6.32. The number of methoxy groups -OCH3 is 1. The third-order valence-corrected chi connectivity index (χ3v) is 7.37. The lowest BCUT2D eigenvalue weighted by Gasteiger charge is -2.24. The largest absolute Gasteiger partial charge is 0.495 e. The first-order valence-electron chi connectivity index (χ1n) is 12.9. The molecule has 0 saturated heterocycles. The Hall–Kier alpha value is -3.53. The van der Waals surface area contributed by atoms with Crippen LogP contribution < -0.4 is 15.6 Å². The lowest BCUT2D eigenvalue weighted by atomic mass is 9.96. The van der Waals surface area contributed by atoms with Crippen LogP contribution >= 0.6 is 22.9 Å². The molecule has 4 aromatic rings. The predicted octanol–water partition coefficient (Wildman–Crippen LogP) is 6.76. The Bertz CT molecular complexity index is 1610. The summed E-state index contributed by atoms with van der Waals surface area (Å²) in [5.41, 5.74) is 3.59. The number of thiazole rings is 1. The van der Waals surface area contributed by atoms with Gasteiger partial charge in [-0.3, -0.25) is 19.0 Å². The molecule has 0 aliphatic rings. The molecular formula is C30H32ClN3O5S. The number of fused-ring (bicyclic) bond motifs is 1. The number of anilines is 1. The standard InChI is InChI=1S/C30H32ClN3O5S/c1-6-25(35)20-9-7-18(31)13-21(20)22-15-28(36)34(16-26(22)38-5)24(11-12-39-30(2,3)4)29(37)33-19-8-10-27-23(14-19)32-17-40-27/h7-10,13-17,24H,6,11-12H2,1-5H3,(H,33,37). The highest BCUT2D eigenvalue weighted by Crippen LogP contribution is 2.34. The summed E-state index contributed by atoms with van der Waals surface area (Å²) in [5, 5.41) is 3.35. The molecule has 40 heavy (non-hydrogen) atoms. The van der Waals surface area contributed by atoms with E-state index in [0.29, 0.717) is 33.1 Å². The number of benzene rings is 2. The molecule has 1 unspecified atom stereocenters. The summed E-state index contributed by atoms with van der Waals surface area (Å²) in [6.45, 7) is 7.79. The average molecular weight is 582 g/mol. The van der Waals surface area contributed by atoms with Crippen LogP contribution in [0.15, 0.2) is 59.0 Å². The molecule has 0 fully saturated rings. The fourth-order valence-electron chi connectivity index (χ4n) is 4.35. The molecule has 1 atom stereocenters. The van der Waals surface area contributed by atoms with Gasteiger partial charge in [0, 0.05) is 47.4 Å². The van der Waals surface area contributed by atoms with Gasteiger partial charge in [-0.2, -0.15) is 0 Å². The van der Waals surface area contributed by atoms with Crippen LogP contribution in [0.5, 0.6) is 5.75 Å². The molecule has 0 bridgehead atoms. The predicted molar refractivity (Wildman–Crippen MR) is 160 cm³/mol. The first-order valence-corrected chi connectivity index (χ1v) is 14.2. The van der Waals surface area contributed by atoms with E-state index < -0.39 is 17.2 Å². The number of nitrogens with one attached hydrogen (secondary N) is 1. The van der Waals surface area contributed by atoms with Gasteiger partial charge in [-0.25, -0.2) is 4.98 Å². The zero-order chi connectivity index (χ0) is 29.0. The maximum atomic E-state index is 13.6. The summed E-state index contributed by atoms with van der Waals surface area (Å²) in [5.74, 6) is -0.148. The van der Waals surface area contributed by atoms with Crippen LogP contribution in [0.25, 0.3) is 21.3 Å². The number of nitrogens with zero attached hydrogens (tertiary/aromatic N) is 2. The van der Waals surface area contributed by atoms with Crippen molar-refractivity contribution >= 4 is 50.5 Å². The number of ether oxygens (including phenoxy) is 2. The van der Waals surface area contributed by atoms with E-state index in [9.17, 15) is 14.4 Å². The summed E-state index contributed by atoms with van der Waals surface area (Å²) in [6.07, 6.45) is 2.03. The van der Waals surface area contributed by atoms with Gasteiger partial charge >= 0.3 is 0 Å². The van der Waals surface area contributed by atoms with Gasteiger partial charge in [0.25, 0.3) is 5.56 Å². The number of pyridine rings is 1. The van der Waals surface area contributed by atoms with Crippen LogP contribution in [0.3, 0.4) is 0 Å². The Balaban J connectivity index is 1.75. The van der Waals surface area contributed by atoms with Gasteiger partial charge in [0.05, 0.1) is 34.6 Å². The number of ketones is 1. The van der Waals surface area contributed by atoms with Crippen LogP contribution in [0.1, 0.15) is 56.9 Å². The van der Waals surface area contributed by atoms with E-state index in [2.05, 4.69) is 10.3 Å². The molecule has 2 aromatic carbocycles. The van der Waals surface area contributed by atoms with Gasteiger partial charge in [-0.1, -0.05) is 18.5 Å². The number of Topliss-reactive ketones (excluding diaryl/α,β-unsaturated/α-hetero) is 1. The van der Waals surface area contributed by atoms with Crippen LogP contribution in [0.2, 0.25) is 5.02 Å². The van der Waals surface area contributed by atoms with Crippen molar-refractivity contribution in [3.05, 3.63) is 75.1 Å². The zero-order valence-electron chi connectivity index (χ0n) is 23.1. The van der Waals surface area contributed by atoms with Gasteiger partial charge in [-0.05, 0) is 62.7 Å². The Labute approximate surface area is 241 Å². The topological polar surface area (TPSA) is 99.5 Å². The molecule has 1 amide bonds. The maximum absolute atomic E-state index is 13.6. The van der Waals surface area contributed by atoms with Crippen molar-refractivity contribution in [3.63, 3.8) is 0 Å². The lowest BCUT2D eigenvalue weighted by molar-refractivity contribution is -0.120. The normalized spacial score (nSPS) is 12.3. The van der Waals surface area contributed by atoms with Crippen molar-refractivity contribution in [2.24, 2.45) is 0 Å². The van der Waals surface area contributed by atoms with Gasteiger partial charge in [0.15, 0.2) is 5.78 Å². The number of carbonyl (C=O) groups excluding carboxylic acids is 2. The van der Waals surface area contributed by atoms with E-state index >= 15 is 0 Å². The van der Waals surface area contributed by atoms with E-state index in [4.69, 9.17) is 21.1 Å².